The monoisotopic (exact) mass is 354 g/mol. The number of hydrogen-bond donors (Lipinski definition) is 3. The molecule has 136 valence electrons. The molecule has 0 spiro atoms. The first-order valence-electron chi connectivity index (χ1n) is 8.69. The van der Waals surface area contributed by atoms with E-state index in [1.54, 1.807) is 38.1 Å². The van der Waals surface area contributed by atoms with Crippen molar-refractivity contribution in [2.24, 2.45) is 0 Å². The zero-order valence-corrected chi connectivity index (χ0v) is 14.9. The normalized spacial score (nSPS) is 13.3. The molecule has 1 aliphatic carbocycles. The highest BCUT2D eigenvalue weighted by Crippen LogP contribution is 2.19. The molecule has 7 nitrogen and oxygen atoms in total. The molecule has 0 unspecified atom stereocenters. The summed E-state index contributed by atoms with van der Waals surface area (Å²) >= 11 is 0. The maximum atomic E-state index is 12.1. The van der Waals surface area contributed by atoms with Crippen LogP contribution in [0.2, 0.25) is 0 Å². The second-order valence-corrected chi connectivity index (χ2v) is 6.59. The molecule has 1 fully saturated rings. The molecular formula is C19H22N4O3. The number of aryl methyl sites for hydroxylation is 2. The van der Waals surface area contributed by atoms with Crippen LogP contribution in [0.25, 0.3) is 0 Å². The molecule has 0 saturated heterocycles. The van der Waals surface area contributed by atoms with Crippen molar-refractivity contribution in [3.05, 3.63) is 57.3 Å². The summed E-state index contributed by atoms with van der Waals surface area (Å²) in [5.41, 5.74) is 2.16. The maximum Gasteiger partial charge on any atom is 0.254 e. The van der Waals surface area contributed by atoms with Gasteiger partial charge in [0.1, 0.15) is 5.82 Å². The zero-order chi connectivity index (χ0) is 18.7. The summed E-state index contributed by atoms with van der Waals surface area (Å²) in [7, 11) is 0. The first-order valence-corrected chi connectivity index (χ1v) is 8.69. The van der Waals surface area contributed by atoms with Crippen molar-refractivity contribution in [1.82, 2.24) is 15.3 Å². The van der Waals surface area contributed by atoms with Crippen molar-refractivity contribution in [1.29, 1.82) is 0 Å². The molecule has 3 rings (SSSR count). The number of carbonyl (C=O) groups excluding carboxylic acids is 2. The number of aromatic nitrogens is 2. The van der Waals surface area contributed by atoms with Crippen molar-refractivity contribution >= 4 is 17.5 Å². The molecule has 1 aliphatic rings. The van der Waals surface area contributed by atoms with E-state index in [-0.39, 0.29) is 23.8 Å². The molecule has 0 atom stereocenters. The highest BCUT2D eigenvalue weighted by atomic mass is 16.2. The van der Waals surface area contributed by atoms with Crippen molar-refractivity contribution in [2.75, 3.05) is 5.32 Å². The fourth-order valence-corrected chi connectivity index (χ4v) is 2.71. The highest BCUT2D eigenvalue weighted by Gasteiger charge is 2.23. The molecule has 1 heterocycles. The van der Waals surface area contributed by atoms with E-state index in [0.29, 0.717) is 40.8 Å². The second-order valence-electron chi connectivity index (χ2n) is 6.59. The maximum absolute atomic E-state index is 12.1. The zero-order valence-electron chi connectivity index (χ0n) is 14.9. The van der Waals surface area contributed by atoms with Gasteiger partial charge >= 0.3 is 0 Å². The first-order chi connectivity index (χ1) is 12.4. The molecule has 0 aliphatic heterocycles. The van der Waals surface area contributed by atoms with Gasteiger partial charge in [0.15, 0.2) is 0 Å². The van der Waals surface area contributed by atoms with Gasteiger partial charge < -0.3 is 15.6 Å². The average molecular weight is 354 g/mol. The number of nitrogens with zero attached hydrogens (tertiary/aromatic N) is 1. The number of aromatic amines is 1. The third-order valence-electron chi connectivity index (χ3n) is 4.29. The van der Waals surface area contributed by atoms with Crippen LogP contribution in [0.5, 0.6) is 0 Å². The summed E-state index contributed by atoms with van der Waals surface area (Å²) in [4.78, 5) is 42.9. The van der Waals surface area contributed by atoms with Crippen LogP contribution in [-0.4, -0.2) is 27.8 Å². The molecule has 1 aromatic carbocycles. The van der Waals surface area contributed by atoms with Crippen molar-refractivity contribution in [3.8, 4) is 0 Å². The highest BCUT2D eigenvalue weighted by molar-refractivity contribution is 5.96. The van der Waals surface area contributed by atoms with E-state index >= 15 is 0 Å². The van der Waals surface area contributed by atoms with Gasteiger partial charge in [-0.2, -0.15) is 0 Å². The lowest BCUT2D eigenvalue weighted by atomic mass is 10.1. The number of nitrogens with one attached hydrogen (secondary N) is 3. The third kappa shape index (κ3) is 4.56. The predicted molar refractivity (Wildman–Crippen MR) is 98.2 cm³/mol. The first kappa shape index (κ1) is 17.8. The van der Waals surface area contributed by atoms with Crippen molar-refractivity contribution in [2.45, 2.75) is 45.6 Å². The van der Waals surface area contributed by atoms with Gasteiger partial charge in [0, 0.05) is 35.0 Å². The van der Waals surface area contributed by atoms with Crippen LogP contribution in [0.4, 0.5) is 5.69 Å². The molecule has 2 aromatic rings. The summed E-state index contributed by atoms with van der Waals surface area (Å²) in [5.74, 6) is 0.276. The molecular weight excluding hydrogens is 332 g/mol. The number of carbonyl (C=O) groups is 2. The van der Waals surface area contributed by atoms with Gasteiger partial charge in [-0.15, -0.1) is 0 Å². The number of H-pyrrole nitrogens is 1. The molecule has 2 amide bonds. The van der Waals surface area contributed by atoms with Crippen LogP contribution >= 0.6 is 0 Å². The van der Waals surface area contributed by atoms with Crippen LogP contribution < -0.4 is 16.2 Å². The Morgan fingerprint density at radius 3 is 2.50 bits per heavy atom. The van der Waals surface area contributed by atoms with E-state index < -0.39 is 0 Å². The minimum atomic E-state index is -0.200. The minimum Gasteiger partial charge on any atom is -0.349 e. The smallest absolute Gasteiger partial charge is 0.254 e. The van der Waals surface area contributed by atoms with E-state index in [2.05, 4.69) is 20.6 Å². The van der Waals surface area contributed by atoms with Gasteiger partial charge in [0.2, 0.25) is 5.91 Å². The summed E-state index contributed by atoms with van der Waals surface area (Å²) in [6.07, 6.45) is 2.58. The van der Waals surface area contributed by atoms with Gasteiger partial charge in [0.05, 0.1) is 0 Å². The van der Waals surface area contributed by atoms with Crippen LogP contribution in [0.1, 0.15) is 46.7 Å². The van der Waals surface area contributed by atoms with Gasteiger partial charge in [-0.25, -0.2) is 4.98 Å². The molecule has 7 heteroatoms. The predicted octanol–water partition coefficient (Wildman–Crippen LogP) is 1.85. The lowest BCUT2D eigenvalue weighted by molar-refractivity contribution is -0.116. The Balaban J connectivity index is 1.55. The molecule has 0 bridgehead atoms. The van der Waals surface area contributed by atoms with Crippen molar-refractivity contribution in [3.63, 3.8) is 0 Å². The Kier molecular flexibility index (Phi) is 5.16. The van der Waals surface area contributed by atoms with Gasteiger partial charge in [0.25, 0.3) is 11.5 Å². The second kappa shape index (κ2) is 7.51. The lowest BCUT2D eigenvalue weighted by Gasteiger charge is -2.08. The summed E-state index contributed by atoms with van der Waals surface area (Å²) in [5, 5.41) is 5.70. The third-order valence-corrected chi connectivity index (χ3v) is 4.29. The summed E-state index contributed by atoms with van der Waals surface area (Å²) in [6, 6.07) is 7.08. The van der Waals surface area contributed by atoms with Crippen LogP contribution in [0.15, 0.2) is 29.1 Å². The topological polar surface area (TPSA) is 104 Å². The molecule has 0 radical (unpaired) electrons. The van der Waals surface area contributed by atoms with E-state index in [1.807, 2.05) is 0 Å². The summed E-state index contributed by atoms with van der Waals surface area (Å²) in [6.45, 7) is 3.49. The van der Waals surface area contributed by atoms with Crippen LogP contribution in [-0.2, 0) is 11.2 Å². The van der Waals surface area contributed by atoms with Gasteiger partial charge in [-0.3, -0.25) is 14.4 Å². The van der Waals surface area contributed by atoms with E-state index in [1.165, 1.54) is 0 Å². The Hall–Kier alpha value is -2.96. The lowest BCUT2D eigenvalue weighted by Crippen LogP contribution is -2.25. The van der Waals surface area contributed by atoms with Crippen LogP contribution in [0, 0.1) is 13.8 Å². The van der Waals surface area contributed by atoms with Crippen molar-refractivity contribution < 1.29 is 9.59 Å². The Bertz CT molecular complexity index is 883. The van der Waals surface area contributed by atoms with E-state index in [9.17, 15) is 14.4 Å². The Morgan fingerprint density at radius 1 is 1.19 bits per heavy atom. The quantitative estimate of drug-likeness (QED) is 0.736. The van der Waals surface area contributed by atoms with E-state index in [0.717, 1.165) is 12.8 Å². The largest absolute Gasteiger partial charge is 0.349 e. The molecule has 26 heavy (non-hydrogen) atoms. The van der Waals surface area contributed by atoms with Gasteiger partial charge in [-0.1, -0.05) is 0 Å². The van der Waals surface area contributed by atoms with Gasteiger partial charge in [-0.05, 0) is 57.4 Å². The number of amides is 2. The van der Waals surface area contributed by atoms with E-state index in [4.69, 9.17) is 0 Å². The number of rotatable bonds is 6. The fraction of sp³-hybridized carbons (Fsp3) is 0.368. The molecule has 1 saturated carbocycles. The minimum absolute atomic E-state index is 0.0908. The fourth-order valence-electron chi connectivity index (χ4n) is 2.71. The number of anilines is 1. The number of benzene rings is 1. The molecule has 1 aromatic heterocycles. The summed E-state index contributed by atoms with van der Waals surface area (Å²) < 4.78 is 0. The molecule has 3 N–H and O–H groups in total. The number of hydrogen-bond acceptors (Lipinski definition) is 4. The Labute approximate surface area is 151 Å². The van der Waals surface area contributed by atoms with Crippen LogP contribution in [0.3, 0.4) is 0 Å². The average Bonchev–Trinajstić information content (AvgIpc) is 3.38. The standard InChI is InChI=1S/C19H22N4O3/c1-11-16(19(26)21-12(2)20-11)9-10-17(24)22-14-5-3-13(4-6-14)18(25)23-15-7-8-15/h3-6,15H,7-10H2,1-2H3,(H,22,24)(H,23,25)(H,20,21,26). The SMILES string of the molecule is Cc1nc(C)c(CCC(=O)Nc2ccc(C(=O)NC3CC3)cc2)c(=O)[nH]1. The Morgan fingerprint density at radius 2 is 1.88 bits per heavy atom.